The van der Waals surface area contributed by atoms with Crippen LogP contribution in [0.25, 0.3) is 0 Å². The number of benzene rings is 1. The Kier molecular flexibility index (Phi) is 5.24. The Hall–Kier alpha value is -1.75. The molecule has 2 rings (SSSR count). The highest BCUT2D eigenvalue weighted by Gasteiger charge is 2.25. The number of hydrogen-bond donors (Lipinski definition) is 1. The minimum absolute atomic E-state index is 0.152. The van der Waals surface area contributed by atoms with Gasteiger partial charge in [0.1, 0.15) is 5.75 Å². The van der Waals surface area contributed by atoms with Gasteiger partial charge in [0.05, 0.1) is 19.6 Å². The van der Waals surface area contributed by atoms with Crippen LogP contribution in [0.1, 0.15) is 12.8 Å². The minimum atomic E-state index is 0.152. The third-order valence-electron chi connectivity index (χ3n) is 3.51. The van der Waals surface area contributed by atoms with Crippen LogP contribution in [0.3, 0.4) is 0 Å². The van der Waals surface area contributed by atoms with E-state index >= 15 is 0 Å². The first-order valence-corrected chi connectivity index (χ1v) is 6.94. The van der Waals surface area contributed by atoms with Gasteiger partial charge in [-0.15, -0.1) is 0 Å². The number of amides is 1. The molecule has 1 aromatic rings. The zero-order chi connectivity index (χ0) is 14.4. The van der Waals surface area contributed by atoms with Gasteiger partial charge in [-0.3, -0.25) is 4.79 Å². The van der Waals surface area contributed by atoms with Gasteiger partial charge in [0.25, 0.3) is 0 Å². The molecular weight excluding hydrogens is 256 g/mol. The van der Waals surface area contributed by atoms with E-state index < -0.39 is 0 Å². The van der Waals surface area contributed by atoms with Crippen molar-refractivity contribution < 1.29 is 14.3 Å². The summed E-state index contributed by atoms with van der Waals surface area (Å²) in [7, 11) is 1.70. The van der Waals surface area contributed by atoms with E-state index in [1.54, 1.807) is 19.2 Å². The van der Waals surface area contributed by atoms with E-state index in [0.717, 1.165) is 31.9 Å². The van der Waals surface area contributed by atoms with Gasteiger partial charge in [0, 0.05) is 31.8 Å². The topological polar surface area (TPSA) is 64.8 Å². The van der Waals surface area contributed by atoms with E-state index in [2.05, 4.69) is 0 Å². The average molecular weight is 278 g/mol. The first kappa shape index (κ1) is 14.7. The quantitative estimate of drug-likeness (QED) is 0.802. The molecule has 1 fully saturated rings. The Labute approximate surface area is 119 Å². The number of likely N-dealkylation sites (tertiary alicyclic amines) is 1. The predicted octanol–water partition coefficient (Wildman–Crippen LogP) is 1.53. The second-order valence-corrected chi connectivity index (χ2v) is 5.12. The van der Waals surface area contributed by atoms with E-state index in [9.17, 15) is 4.79 Å². The monoisotopic (exact) mass is 278 g/mol. The SMILES string of the molecule is COCC1CCN(C(=O)CCOc2ccc(N)cc2)C1. The molecule has 0 radical (unpaired) electrons. The van der Waals surface area contributed by atoms with Gasteiger partial charge < -0.3 is 20.1 Å². The maximum atomic E-state index is 12.0. The van der Waals surface area contributed by atoms with E-state index in [0.29, 0.717) is 24.6 Å². The molecule has 1 unspecified atom stereocenters. The number of carbonyl (C=O) groups excluding carboxylic acids is 1. The second kappa shape index (κ2) is 7.14. The number of hydrogen-bond acceptors (Lipinski definition) is 4. The normalized spacial score (nSPS) is 18.2. The zero-order valence-electron chi connectivity index (χ0n) is 11.9. The number of nitrogens with two attached hydrogens (primary N) is 1. The molecule has 5 heteroatoms. The molecule has 5 nitrogen and oxygen atoms in total. The summed E-state index contributed by atoms with van der Waals surface area (Å²) >= 11 is 0. The van der Waals surface area contributed by atoms with Crippen LogP contribution in [-0.2, 0) is 9.53 Å². The third kappa shape index (κ3) is 4.13. The Morgan fingerprint density at radius 3 is 2.85 bits per heavy atom. The maximum Gasteiger partial charge on any atom is 0.226 e. The number of rotatable bonds is 6. The van der Waals surface area contributed by atoms with Crippen molar-refractivity contribution in [3.05, 3.63) is 24.3 Å². The average Bonchev–Trinajstić information content (AvgIpc) is 2.90. The summed E-state index contributed by atoms with van der Waals surface area (Å²) in [6.07, 6.45) is 1.43. The smallest absolute Gasteiger partial charge is 0.226 e. The van der Waals surface area contributed by atoms with Crippen LogP contribution in [-0.4, -0.2) is 44.2 Å². The molecule has 0 aliphatic carbocycles. The Morgan fingerprint density at radius 1 is 1.40 bits per heavy atom. The molecule has 1 amide bonds. The molecule has 0 saturated carbocycles. The molecule has 1 heterocycles. The van der Waals surface area contributed by atoms with Crippen molar-refractivity contribution in [2.75, 3.05) is 39.1 Å². The van der Waals surface area contributed by atoms with Crippen LogP contribution in [0.15, 0.2) is 24.3 Å². The maximum absolute atomic E-state index is 12.0. The zero-order valence-corrected chi connectivity index (χ0v) is 11.9. The van der Waals surface area contributed by atoms with Crippen molar-refractivity contribution in [3.8, 4) is 5.75 Å². The summed E-state index contributed by atoms with van der Waals surface area (Å²) < 4.78 is 10.7. The first-order valence-electron chi connectivity index (χ1n) is 6.94. The highest BCUT2D eigenvalue weighted by atomic mass is 16.5. The van der Waals surface area contributed by atoms with Gasteiger partial charge in [0.15, 0.2) is 0 Å². The van der Waals surface area contributed by atoms with Gasteiger partial charge >= 0.3 is 0 Å². The first-order chi connectivity index (χ1) is 9.69. The second-order valence-electron chi connectivity index (χ2n) is 5.12. The number of anilines is 1. The van der Waals surface area contributed by atoms with Gasteiger partial charge in [-0.05, 0) is 30.7 Å². The van der Waals surface area contributed by atoms with Crippen LogP contribution in [0, 0.1) is 5.92 Å². The summed E-state index contributed by atoms with van der Waals surface area (Å²) in [6, 6.07) is 7.19. The molecule has 0 aromatic heterocycles. The molecule has 1 aliphatic rings. The highest BCUT2D eigenvalue weighted by Crippen LogP contribution is 2.18. The summed E-state index contributed by atoms with van der Waals surface area (Å²) in [6.45, 7) is 2.75. The lowest BCUT2D eigenvalue weighted by Crippen LogP contribution is -2.30. The molecule has 1 atom stereocenters. The molecule has 110 valence electrons. The van der Waals surface area contributed by atoms with Crippen LogP contribution in [0.5, 0.6) is 5.75 Å². The molecule has 20 heavy (non-hydrogen) atoms. The summed E-state index contributed by atoms with van der Waals surface area (Å²) in [5, 5.41) is 0. The molecule has 1 aromatic carbocycles. The lowest BCUT2D eigenvalue weighted by Gasteiger charge is -2.16. The lowest BCUT2D eigenvalue weighted by atomic mass is 10.1. The lowest BCUT2D eigenvalue weighted by molar-refractivity contribution is -0.130. The van der Waals surface area contributed by atoms with Crippen LogP contribution < -0.4 is 10.5 Å². The summed E-state index contributed by atoms with van der Waals surface area (Å²) in [5.74, 6) is 1.37. The Morgan fingerprint density at radius 2 is 2.15 bits per heavy atom. The van der Waals surface area contributed by atoms with E-state index in [1.165, 1.54) is 0 Å². The summed E-state index contributed by atoms with van der Waals surface area (Å²) in [4.78, 5) is 13.9. The molecule has 1 saturated heterocycles. The number of ether oxygens (including phenoxy) is 2. The van der Waals surface area contributed by atoms with Crippen molar-refractivity contribution in [1.82, 2.24) is 4.90 Å². The van der Waals surface area contributed by atoms with Crippen molar-refractivity contribution >= 4 is 11.6 Å². The summed E-state index contributed by atoms with van der Waals surface area (Å²) in [5.41, 5.74) is 6.30. The molecule has 0 spiro atoms. The standard InChI is InChI=1S/C15H22N2O3/c1-19-11-12-6-8-17(10-12)15(18)7-9-20-14-4-2-13(16)3-5-14/h2-5,12H,6-11,16H2,1H3. The number of nitrogen functional groups attached to an aromatic ring is 1. The minimum Gasteiger partial charge on any atom is -0.493 e. The number of carbonyl (C=O) groups is 1. The number of nitrogens with zero attached hydrogens (tertiary/aromatic N) is 1. The van der Waals surface area contributed by atoms with Gasteiger partial charge in [-0.1, -0.05) is 0 Å². The van der Waals surface area contributed by atoms with Crippen molar-refractivity contribution in [3.63, 3.8) is 0 Å². The molecular formula is C15H22N2O3. The largest absolute Gasteiger partial charge is 0.493 e. The molecule has 0 bridgehead atoms. The predicted molar refractivity (Wildman–Crippen MR) is 77.5 cm³/mol. The molecule has 2 N–H and O–H groups in total. The fourth-order valence-electron chi connectivity index (χ4n) is 2.41. The highest BCUT2D eigenvalue weighted by molar-refractivity contribution is 5.76. The Bertz CT molecular complexity index is 433. The van der Waals surface area contributed by atoms with E-state index in [4.69, 9.17) is 15.2 Å². The van der Waals surface area contributed by atoms with Crippen molar-refractivity contribution in [1.29, 1.82) is 0 Å². The number of methoxy groups -OCH3 is 1. The van der Waals surface area contributed by atoms with Crippen LogP contribution in [0.2, 0.25) is 0 Å². The third-order valence-corrected chi connectivity index (χ3v) is 3.51. The van der Waals surface area contributed by atoms with E-state index in [-0.39, 0.29) is 5.91 Å². The fourth-order valence-corrected chi connectivity index (χ4v) is 2.41. The Balaban J connectivity index is 1.69. The van der Waals surface area contributed by atoms with Gasteiger partial charge in [0.2, 0.25) is 5.91 Å². The van der Waals surface area contributed by atoms with Gasteiger partial charge in [-0.2, -0.15) is 0 Å². The van der Waals surface area contributed by atoms with Crippen LogP contribution >= 0.6 is 0 Å². The van der Waals surface area contributed by atoms with E-state index in [1.807, 2.05) is 17.0 Å². The van der Waals surface area contributed by atoms with Crippen molar-refractivity contribution in [2.45, 2.75) is 12.8 Å². The van der Waals surface area contributed by atoms with Crippen molar-refractivity contribution in [2.24, 2.45) is 5.92 Å². The van der Waals surface area contributed by atoms with Crippen LogP contribution in [0.4, 0.5) is 5.69 Å². The van der Waals surface area contributed by atoms with Gasteiger partial charge in [-0.25, -0.2) is 0 Å². The molecule has 1 aliphatic heterocycles. The fraction of sp³-hybridized carbons (Fsp3) is 0.533.